The molecule has 4 unspecified atom stereocenters. The maximum atomic E-state index is 3.63. The highest BCUT2D eigenvalue weighted by atomic mass is 31.0. The average Bonchev–Trinajstić information content (AvgIpc) is 2.73. The van der Waals surface area contributed by atoms with E-state index >= 15 is 0 Å². The van der Waals surface area contributed by atoms with Gasteiger partial charge in [0, 0.05) is 11.4 Å². The normalized spacial score (nSPS) is 11.4. The Hall–Kier alpha value is -1.08. The number of fused-ring (bicyclic) bond motifs is 2. The quantitative estimate of drug-likeness (QED) is 0.423. The molecule has 1 nitrogen and oxygen atoms in total. The van der Waals surface area contributed by atoms with E-state index in [1.165, 1.54) is 65.0 Å². The summed E-state index contributed by atoms with van der Waals surface area (Å²) >= 11 is 0. The van der Waals surface area contributed by atoms with Gasteiger partial charge in [0.25, 0.3) is 0 Å². The minimum absolute atomic E-state index is 1.11. The number of hydrogen-bond acceptors (Lipinski definition) is 1. The molecule has 4 aromatic carbocycles. The van der Waals surface area contributed by atoms with Crippen molar-refractivity contribution < 1.29 is 0 Å². The second-order valence-corrected chi connectivity index (χ2v) is 10.1. The Morgan fingerprint density at radius 2 is 0.793 bits per heavy atom. The molecule has 148 valence electrons. The van der Waals surface area contributed by atoms with E-state index in [1.54, 1.807) is 0 Å². The minimum atomic E-state index is 1.11. The van der Waals surface area contributed by atoms with Crippen molar-refractivity contribution >= 4 is 91.1 Å². The van der Waals surface area contributed by atoms with Gasteiger partial charge < -0.3 is 5.32 Å². The molecule has 0 heterocycles. The standard InChI is InChI=1S/C24H27NP4/c1-11-17-7-5-15(9-19(17)13(3)23(28)21(11)26)25-16-6-8-18-12(2)22(27)24(29)14(4)20(18)10-16/h5-10,25H,26-29H2,1-4H3. The summed E-state index contributed by atoms with van der Waals surface area (Å²) in [5.41, 5.74) is 7.51. The Kier molecular flexibility index (Phi) is 5.75. The first-order chi connectivity index (χ1) is 13.7. The predicted molar refractivity (Wildman–Crippen MR) is 148 cm³/mol. The van der Waals surface area contributed by atoms with Crippen LogP contribution in [0.25, 0.3) is 21.5 Å². The molecule has 0 aliphatic carbocycles. The minimum Gasteiger partial charge on any atom is -0.355 e. The third kappa shape index (κ3) is 3.52. The molecule has 0 fully saturated rings. The lowest BCUT2D eigenvalue weighted by molar-refractivity contribution is 1.50. The number of aryl methyl sites for hydroxylation is 4. The van der Waals surface area contributed by atoms with Crippen LogP contribution in [0.2, 0.25) is 0 Å². The van der Waals surface area contributed by atoms with Gasteiger partial charge in [0.1, 0.15) is 0 Å². The lowest BCUT2D eigenvalue weighted by atomic mass is 9.99. The molecule has 0 bridgehead atoms. The van der Waals surface area contributed by atoms with Crippen LogP contribution < -0.4 is 26.5 Å². The molecular formula is C24H27NP4. The van der Waals surface area contributed by atoms with Crippen LogP contribution in [0.1, 0.15) is 22.3 Å². The lowest BCUT2D eigenvalue weighted by Gasteiger charge is -2.17. The molecule has 0 aromatic heterocycles. The fraction of sp³-hybridized carbons (Fsp3) is 0.167. The highest BCUT2D eigenvalue weighted by Gasteiger charge is 2.12. The molecule has 0 saturated heterocycles. The Balaban J connectivity index is 1.82. The summed E-state index contributed by atoms with van der Waals surface area (Å²) in [5, 5.41) is 14.0. The van der Waals surface area contributed by atoms with Crippen molar-refractivity contribution in [3.8, 4) is 0 Å². The first-order valence-corrected chi connectivity index (χ1v) is 11.9. The monoisotopic (exact) mass is 453 g/mol. The van der Waals surface area contributed by atoms with Gasteiger partial charge >= 0.3 is 0 Å². The maximum Gasteiger partial charge on any atom is 0.0390 e. The molecule has 0 saturated carbocycles. The Morgan fingerprint density at radius 1 is 0.483 bits per heavy atom. The summed E-state index contributed by atoms with van der Waals surface area (Å²) in [6, 6.07) is 13.4. The summed E-state index contributed by atoms with van der Waals surface area (Å²) in [6.07, 6.45) is 0. The van der Waals surface area contributed by atoms with Crippen LogP contribution in [0.15, 0.2) is 36.4 Å². The van der Waals surface area contributed by atoms with Crippen molar-refractivity contribution in [2.24, 2.45) is 0 Å². The highest BCUT2D eigenvalue weighted by Crippen LogP contribution is 2.30. The van der Waals surface area contributed by atoms with Gasteiger partial charge in [-0.05, 0) is 117 Å². The third-order valence-corrected chi connectivity index (χ3v) is 9.78. The lowest BCUT2D eigenvalue weighted by Crippen LogP contribution is -2.18. The van der Waals surface area contributed by atoms with Crippen molar-refractivity contribution in [3.63, 3.8) is 0 Å². The molecule has 0 radical (unpaired) electrons. The van der Waals surface area contributed by atoms with E-state index < -0.39 is 0 Å². The number of nitrogens with one attached hydrogen (secondary N) is 1. The molecule has 0 amide bonds. The number of anilines is 2. The van der Waals surface area contributed by atoms with Crippen LogP contribution in [0.4, 0.5) is 11.4 Å². The molecule has 1 N–H and O–H groups in total. The van der Waals surface area contributed by atoms with Crippen molar-refractivity contribution in [1.29, 1.82) is 0 Å². The van der Waals surface area contributed by atoms with E-state index in [4.69, 9.17) is 0 Å². The predicted octanol–water partition coefficient (Wildman–Crippen LogP) is 4.97. The van der Waals surface area contributed by atoms with E-state index in [9.17, 15) is 0 Å². The molecule has 4 rings (SSSR count). The smallest absolute Gasteiger partial charge is 0.0390 e. The largest absolute Gasteiger partial charge is 0.355 e. The van der Waals surface area contributed by atoms with E-state index in [0.717, 1.165) is 11.4 Å². The highest BCUT2D eigenvalue weighted by molar-refractivity contribution is 7.36. The zero-order valence-corrected chi connectivity index (χ0v) is 21.9. The zero-order valence-electron chi connectivity index (χ0n) is 17.3. The molecule has 29 heavy (non-hydrogen) atoms. The first-order valence-electron chi connectivity index (χ1n) is 9.63. The third-order valence-electron chi connectivity index (χ3n) is 6.14. The number of hydrogen-bond donors (Lipinski definition) is 1. The van der Waals surface area contributed by atoms with E-state index in [1.807, 2.05) is 0 Å². The van der Waals surface area contributed by atoms with E-state index in [-0.39, 0.29) is 0 Å². The molecule has 0 spiro atoms. The topological polar surface area (TPSA) is 12.0 Å². The van der Waals surface area contributed by atoms with Gasteiger partial charge in [-0.25, -0.2) is 0 Å². The fourth-order valence-corrected chi connectivity index (χ4v) is 5.56. The van der Waals surface area contributed by atoms with Gasteiger partial charge in [0.05, 0.1) is 0 Å². The van der Waals surface area contributed by atoms with Crippen LogP contribution in [0, 0.1) is 27.7 Å². The van der Waals surface area contributed by atoms with Crippen LogP contribution in [-0.4, -0.2) is 0 Å². The number of rotatable bonds is 2. The van der Waals surface area contributed by atoms with Crippen molar-refractivity contribution in [2.75, 3.05) is 5.32 Å². The fourth-order valence-electron chi connectivity index (χ4n) is 4.07. The van der Waals surface area contributed by atoms with Crippen molar-refractivity contribution in [2.45, 2.75) is 27.7 Å². The van der Waals surface area contributed by atoms with Crippen LogP contribution in [0.5, 0.6) is 0 Å². The van der Waals surface area contributed by atoms with Crippen molar-refractivity contribution in [1.82, 2.24) is 0 Å². The van der Waals surface area contributed by atoms with E-state index in [0.29, 0.717) is 0 Å². The summed E-state index contributed by atoms with van der Waals surface area (Å²) in [4.78, 5) is 0. The first kappa shape index (κ1) is 21.2. The summed E-state index contributed by atoms with van der Waals surface area (Å²) < 4.78 is 0. The summed E-state index contributed by atoms with van der Waals surface area (Å²) in [6.45, 7) is 8.79. The molecule has 0 aliphatic rings. The molecule has 5 heteroatoms. The van der Waals surface area contributed by atoms with E-state index in [2.05, 4.69) is 106 Å². The zero-order chi connectivity index (χ0) is 21.0. The second-order valence-electron chi connectivity index (χ2n) is 7.80. The Labute approximate surface area is 182 Å². The average molecular weight is 453 g/mol. The van der Waals surface area contributed by atoms with Gasteiger partial charge in [-0.2, -0.15) is 0 Å². The number of benzene rings is 4. The second kappa shape index (κ2) is 7.88. The molecular weight excluding hydrogens is 426 g/mol. The summed E-state index contributed by atoms with van der Waals surface area (Å²) in [7, 11) is 11.6. The van der Waals surface area contributed by atoms with Gasteiger partial charge in [-0.15, -0.1) is 37.0 Å². The molecule has 0 aliphatic heterocycles. The molecule has 4 aromatic rings. The Morgan fingerprint density at radius 3 is 1.14 bits per heavy atom. The van der Waals surface area contributed by atoms with Gasteiger partial charge in [0.2, 0.25) is 0 Å². The van der Waals surface area contributed by atoms with Gasteiger partial charge in [-0.1, -0.05) is 12.1 Å². The van der Waals surface area contributed by atoms with Crippen molar-refractivity contribution in [3.05, 3.63) is 58.7 Å². The van der Waals surface area contributed by atoms with Gasteiger partial charge in [0.15, 0.2) is 0 Å². The Bertz CT molecular complexity index is 1210. The van der Waals surface area contributed by atoms with Crippen LogP contribution in [-0.2, 0) is 0 Å². The van der Waals surface area contributed by atoms with Crippen LogP contribution in [0.3, 0.4) is 0 Å². The SMILES string of the molecule is Cc1c(P)c(P)c(C)c2cc(Nc3ccc4c(C)c(P)c(P)c(C)c4c3)ccc12. The summed E-state index contributed by atoms with van der Waals surface area (Å²) in [5.74, 6) is 0. The van der Waals surface area contributed by atoms with Crippen LogP contribution >= 0.6 is 37.0 Å². The maximum absolute atomic E-state index is 3.63. The van der Waals surface area contributed by atoms with Gasteiger partial charge in [-0.3, -0.25) is 0 Å². The molecule has 4 atom stereocenters.